The summed E-state index contributed by atoms with van der Waals surface area (Å²) in [5.41, 5.74) is 4.79. The normalized spacial score (nSPS) is 9.27. The number of terminal acetylenes is 1. The first-order chi connectivity index (χ1) is 4.97. The zero-order valence-corrected chi connectivity index (χ0v) is 7.26. The molecule has 0 aliphatic heterocycles. The molecule has 0 bridgehead atoms. The van der Waals surface area contributed by atoms with Crippen LogP contribution in [0.4, 0.5) is 0 Å². The first-order valence-corrected chi connectivity index (χ1v) is 4.67. The van der Waals surface area contributed by atoms with E-state index in [0.29, 0.717) is 13.0 Å². The van der Waals surface area contributed by atoms with Crippen molar-refractivity contribution in [3.8, 4) is 12.3 Å². The van der Waals surface area contributed by atoms with Crippen LogP contribution in [0.2, 0.25) is 0 Å². The van der Waals surface area contributed by atoms with Gasteiger partial charge in [0.15, 0.2) is 0 Å². The lowest BCUT2D eigenvalue weighted by molar-refractivity contribution is 0.482. The lowest BCUT2D eigenvalue weighted by atomic mass is 10.6. The van der Waals surface area contributed by atoms with Gasteiger partial charge in [-0.2, -0.15) is 8.42 Å². The Balaban J connectivity index is 0. The summed E-state index contributed by atoms with van der Waals surface area (Å²) in [7, 11) is -3.67. The lowest BCUT2D eigenvalue weighted by Gasteiger charge is -1.85. The Morgan fingerprint density at radius 3 is 2.00 bits per heavy atom. The number of rotatable bonds is 2. The van der Waals surface area contributed by atoms with Crippen molar-refractivity contribution in [2.45, 2.75) is 13.3 Å². The molecule has 3 N–H and O–H groups in total. The molecule has 0 aromatic heterocycles. The van der Waals surface area contributed by atoms with E-state index in [-0.39, 0.29) is 5.75 Å². The van der Waals surface area contributed by atoms with Gasteiger partial charge >= 0.3 is 0 Å². The summed E-state index contributed by atoms with van der Waals surface area (Å²) in [5.74, 6) is 2.08. The first-order valence-electron chi connectivity index (χ1n) is 3.06. The molecule has 0 saturated carbocycles. The quantitative estimate of drug-likeness (QED) is 0.457. The molecule has 0 rings (SSSR count). The third kappa shape index (κ3) is 26.5. The number of hydrogen-bond acceptors (Lipinski definition) is 3. The van der Waals surface area contributed by atoms with Crippen LogP contribution >= 0.6 is 0 Å². The molecule has 4 nitrogen and oxygen atoms in total. The van der Waals surface area contributed by atoms with E-state index in [1.54, 1.807) is 6.92 Å². The third-order valence-corrected chi connectivity index (χ3v) is 1.50. The molecule has 5 heteroatoms. The molecular formula is C6H13NO3S. The van der Waals surface area contributed by atoms with Gasteiger partial charge in [0.1, 0.15) is 0 Å². The highest BCUT2D eigenvalue weighted by atomic mass is 32.2. The SMILES string of the molecule is C#CCN.CCCS(=O)(=O)O. The van der Waals surface area contributed by atoms with Crippen molar-refractivity contribution in [2.75, 3.05) is 12.3 Å². The predicted octanol–water partition coefficient (Wildman–Crippen LogP) is -0.137. The third-order valence-electron chi connectivity index (χ3n) is 0.580. The Kier molecular flexibility index (Phi) is 8.94. The molecule has 0 atom stereocenters. The summed E-state index contributed by atoms with van der Waals surface area (Å²) in [4.78, 5) is 0. The van der Waals surface area contributed by atoms with E-state index in [1.165, 1.54) is 0 Å². The second-order valence-electron chi connectivity index (χ2n) is 1.69. The van der Waals surface area contributed by atoms with Crippen LogP contribution in [0.5, 0.6) is 0 Å². The monoisotopic (exact) mass is 179 g/mol. The molecule has 0 aliphatic carbocycles. The molecular weight excluding hydrogens is 166 g/mol. The molecule has 0 fully saturated rings. The van der Waals surface area contributed by atoms with Crippen LogP contribution in [0.1, 0.15) is 13.3 Å². The van der Waals surface area contributed by atoms with Gasteiger partial charge in [-0.25, -0.2) is 0 Å². The van der Waals surface area contributed by atoms with E-state index < -0.39 is 10.1 Å². The minimum atomic E-state index is -3.67. The summed E-state index contributed by atoms with van der Waals surface area (Å²) >= 11 is 0. The Labute approximate surface area is 67.5 Å². The highest BCUT2D eigenvalue weighted by Crippen LogP contribution is 1.83. The van der Waals surface area contributed by atoms with Gasteiger partial charge in [0, 0.05) is 0 Å². The van der Waals surface area contributed by atoms with Gasteiger partial charge in [-0.05, 0) is 6.42 Å². The lowest BCUT2D eigenvalue weighted by Crippen LogP contribution is -2.01. The molecule has 0 heterocycles. The average molecular weight is 179 g/mol. The minimum absolute atomic E-state index is 0.132. The Bertz CT molecular complexity index is 202. The maximum atomic E-state index is 9.79. The summed E-state index contributed by atoms with van der Waals surface area (Å²) in [6.45, 7) is 2.04. The van der Waals surface area contributed by atoms with Crippen LogP contribution < -0.4 is 5.73 Å². The van der Waals surface area contributed by atoms with Crippen LogP contribution in [0.25, 0.3) is 0 Å². The molecule has 0 radical (unpaired) electrons. The molecule has 11 heavy (non-hydrogen) atoms. The second-order valence-corrected chi connectivity index (χ2v) is 3.27. The second kappa shape index (κ2) is 7.54. The van der Waals surface area contributed by atoms with Crippen LogP contribution in [-0.2, 0) is 10.1 Å². The highest BCUT2D eigenvalue weighted by Gasteiger charge is 1.98. The summed E-state index contributed by atoms with van der Waals surface area (Å²) in [6.07, 6.45) is 5.12. The van der Waals surface area contributed by atoms with Gasteiger partial charge < -0.3 is 5.73 Å². The van der Waals surface area contributed by atoms with Gasteiger partial charge in [-0.1, -0.05) is 12.8 Å². The van der Waals surface area contributed by atoms with E-state index >= 15 is 0 Å². The number of hydrogen-bond donors (Lipinski definition) is 2. The standard InChI is InChI=1S/C3H5N.C3H8O3S/c1-2-3-4;1-2-3-7(4,5)6/h1H,3-4H2;2-3H2,1H3,(H,4,5,6). The Morgan fingerprint density at radius 2 is 2.00 bits per heavy atom. The molecule has 0 aliphatic rings. The van der Waals surface area contributed by atoms with Gasteiger partial charge in [-0.3, -0.25) is 4.55 Å². The van der Waals surface area contributed by atoms with E-state index in [4.69, 9.17) is 10.3 Å². The van der Waals surface area contributed by atoms with Crippen molar-refractivity contribution in [3.05, 3.63) is 0 Å². The number of nitrogens with two attached hydrogens (primary N) is 1. The van der Waals surface area contributed by atoms with Crippen LogP contribution in [0, 0.1) is 12.3 Å². The molecule has 0 spiro atoms. The first kappa shape index (κ1) is 13.1. The van der Waals surface area contributed by atoms with Crippen molar-refractivity contribution >= 4 is 10.1 Å². The van der Waals surface area contributed by atoms with Gasteiger partial charge in [0.05, 0.1) is 12.3 Å². The smallest absolute Gasteiger partial charge is 0.264 e. The largest absolute Gasteiger partial charge is 0.320 e. The topological polar surface area (TPSA) is 80.4 Å². The van der Waals surface area contributed by atoms with E-state index in [1.807, 2.05) is 0 Å². The van der Waals surface area contributed by atoms with Crippen molar-refractivity contribution in [1.82, 2.24) is 0 Å². The fourth-order valence-corrected chi connectivity index (χ4v) is 0.774. The van der Waals surface area contributed by atoms with Crippen LogP contribution in [0.3, 0.4) is 0 Å². The Morgan fingerprint density at radius 1 is 1.64 bits per heavy atom. The van der Waals surface area contributed by atoms with Crippen LogP contribution in [0.15, 0.2) is 0 Å². The molecule has 0 amide bonds. The fourth-order valence-electron chi connectivity index (χ4n) is 0.258. The van der Waals surface area contributed by atoms with Crippen molar-refractivity contribution in [3.63, 3.8) is 0 Å². The van der Waals surface area contributed by atoms with Crippen molar-refractivity contribution < 1.29 is 13.0 Å². The van der Waals surface area contributed by atoms with Gasteiger partial charge in [-0.15, -0.1) is 6.42 Å². The zero-order chi connectivity index (χ0) is 9.33. The Hall–Kier alpha value is -0.570. The highest BCUT2D eigenvalue weighted by molar-refractivity contribution is 7.85. The van der Waals surface area contributed by atoms with E-state index in [0.717, 1.165) is 0 Å². The minimum Gasteiger partial charge on any atom is -0.320 e. The summed E-state index contributed by atoms with van der Waals surface area (Å²) in [6, 6.07) is 0. The average Bonchev–Trinajstić information content (AvgIpc) is 1.86. The molecule has 66 valence electrons. The van der Waals surface area contributed by atoms with Crippen LogP contribution in [-0.4, -0.2) is 25.3 Å². The molecule has 0 saturated heterocycles. The predicted molar refractivity (Wildman–Crippen MR) is 44.6 cm³/mol. The van der Waals surface area contributed by atoms with Crippen molar-refractivity contribution in [2.24, 2.45) is 5.73 Å². The summed E-state index contributed by atoms with van der Waals surface area (Å²) in [5, 5.41) is 0. The maximum absolute atomic E-state index is 9.79. The van der Waals surface area contributed by atoms with E-state index in [2.05, 4.69) is 12.3 Å². The molecule has 0 aromatic carbocycles. The van der Waals surface area contributed by atoms with Gasteiger partial charge in [0.2, 0.25) is 0 Å². The molecule has 0 aromatic rings. The van der Waals surface area contributed by atoms with Crippen molar-refractivity contribution in [1.29, 1.82) is 0 Å². The van der Waals surface area contributed by atoms with E-state index in [9.17, 15) is 8.42 Å². The van der Waals surface area contributed by atoms with Gasteiger partial charge in [0.25, 0.3) is 10.1 Å². The maximum Gasteiger partial charge on any atom is 0.264 e. The zero-order valence-electron chi connectivity index (χ0n) is 6.45. The summed E-state index contributed by atoms with van der Waals surface area (Å²) < 4.78 is 27.6. The fraction of sp³-hybridized carbons (Fsp3) is 0.667. The molecule has 0 unspecified atom stereocenters.